The molecule has 1 aliphatic rings. The molecule has 0 bridgehead atoms. The van der Waals surface area contributed by atoms with Crippen molar-refractivity contribution in [1.82, 2.24) is 5.32 Å². The summed E-state index contributed by atoms with van der Waals surface area (Å²) >= 11 is 5.78. The minimum absolute atomic E-state index is 0.127. The molecular formula is C13H15ClN2O4. The van der Waals surface area contributed by atoms with Gasteiger partial charge in [-0.3, -0.25) is 14.9 Å². The minimum Gasteiger partial charge on any atom is -0.391 e. The lowest BCUT2D eigenvalue weighted by molar-refractivity contribution is -0.384. The van der Waals surface area contributed by atoms with Gasteiger partial charge in [-0.15, -0.1) is 0 Å². The molecule has 0 heterocycles. The van der Waals surface area contributed by atoms with Crippen LogP contribution in [0.15, 0.2) is 18.2 Å². The second-order valence-corrected chi connectivity index (χ2v) is 5.32. The molecule has 20 heavy (non-hydrogen) atoms. The van der Waals surface area contributed by atoms with E-state index in [1.54, 1.807) is 0 Å². The molecule has 2 unspecified atom stereocenters. The second-order valence-electron chi connectivity index (χ2n) is 4.89. The van der Waals surface area contributed by atoms with E-state index in [1.165, 1.54) is 18.2 Å². The number of aliphatic hydroxyl groups excluding tert-OH is 1. The number of nitrogens with one attached hydrogen (secondary N) is 1. The molecule has 1 aliphatic carbocycles. The molecule has 1 saturated carbocycles. The Morgan fingerprint density at radius 1 is 1.35 bits per heavy atom. The van der Waals surface area contributed by atoms with E-state index in [-0.39, 0.29) is 22.3 Å². The second kappa shape index (κ2) is 6.19. The number of aliphatic hydroxyl groups is 1. The summed E-state index contributed by atoms with van der Waals surface area (Å²) < 4.78 is 0. The molecule has 7 heteroatoms. The van der Waals surface area contributed by atoms with Gasteiger partial charge in [-0.25, -0.2) is 0 Å². The fraction of sp³-hybridized carbons (Fsp3) is 0.462. The van der Waals surface area contributed by atoms with E-state index in [1.807, 2.05) is 0 Å². The van der Waals surface area contributed by atoms with Crippen molar-refractivity contribution in [3.05, 3.63) is 38.9 Å². The van der Waals surface area contributed by atoms with Gasteiger partial charge in [-0.2, -0.15) is 0 Å². The Kier molecular flexibility index (Phi) is 4.57. The number of carbonyl (C=O) groups is 1. The smallest absolute Gasteiger partial charge is 0.271 e. The van der Waals surface area contributed by atoms with Crippen LogP contribution in [0.5, 0.6) is 0 Å². The van der Waals surface area contributed by atoms with Crippen LogP contribution in [0.4, 0.5) is 5.69 Å². The first kappa shape index (κ1) is 14.7. The number of nitro benzene ring substituents is 1. The van der Waals surface area contributed by atoms with Crippen LogP contribution in [0.2, 0.25) is 5.02 Å². The molecule has 6 nitrogen and oxygen atoms in total. The van der Waals surface area contributed by atoms with Gasteiger partial charge in [0.2, 0.25) is 0 Å². The predicted molar refractivity (Wildman–Crippen MR) is 73.8 cm³/mol. The number of benzene rings is 1. The van der Waals surface area contributed by atoms with E-state index < -0.39 is 16.9 Å². The van der Waals surface area contributed by atoms with E-state index >= 15 is 0 Å². The van der Waals surface area contributed by atoms with Crippen LogP contribution < -0.4 is 5.32 Å². The van der Waals surface area contributed by atoms with Gasteiger partial charge in [0, 0.05) is 22.7 Å². The van der Waals surface area contributed by atoms with Gasteiger partial charge >= 0.3 is 0 Å². The summed E-state index contributed by atoms with van der Waals surface area (Å²) in [5, 5.41) is 23.4. The molecule has 0 spiro atoms. The highest BCUT2D eigenvalue weighted by atomic mass is 35.5. The quantitative estimate of drug-likeness (QED) is 0.661. The van der Waals surface area contributed by atoms with Gasteiger partial charge in [0.15, 0.2) is 0 Å². The van der Waals surface area contributed by atoms with Crippen LogP contribution in [-0.4, -0.2) is 28.1 Å². The molecule has 108 valence electrons. The van der Waals surface area contributed by atoms with Crippen LogP contribution in [-0.2, 0) is 0 Å². The number of hydrogen-bond donors (Lipinski definition) is 2. The van der Waals surface area contributed by atoms with Gasteiger partial charge in [-0.05, 0) is 18.9 Å². The van der Waals surface area contributed by atoms with Crippen LogP contribution in [0.3, 0.4) is 0 Å². The summed E-state index contributed by atoms with van der Waals surface area (Å²) in [6.07, 6.45) is 2.67. The molecule has 2 rings (SSSR count). The molecule has 1 fully saturated rings. The average Bonchev–Trinajstić information content (AvgIpc) is 2.40. The predicted octanol–water partition coefficient (Wildman–Crippen LogP) is 2.28. The largest absolute Gasteiger partial charge is 0.391 e. The number of halogens is 1. The summed E-state index contributed by atoms with van der Waals surface area (Å²) in [6, 6.07) is 3.43. The number of rotatable bonds is 3. The first-order valence-electron chi connectivity index (χ1n) is 6.41. The average molecular weight is 299 g/mol. The molecule has 0 saturated heterocycles. The molecular weight excluding hydrogens is 284 g/mol. The van der Waals surface area contributed by atoms with Crippen LogP contribution in [0.25, 0.3) is 0 Å². The van der Waals surface area contributed by atoms with Crippen LogP contribution in [0.1, 0.15) is 36.0 Å². The van der Waals surface area contributed by atoms with Crippen molar-refractivity contribution < 1.29 is 14.8 Å². The Hall–Kier alpha value is -1.66. The van der Waals surface area contributed by atoms with Crippen molar-refractivity contribution in [2.45, 2.75) is 37.8 Å². The zero-order valence-electron chi connectivity index (χ0n) is 10.7. The summed E-state index contributed by atoms with van der Waals surface area (Å²) in [5.41, 5.74) is -0.103. The number of nitro groups is 1. The highest BCUT2D eigenvalue weighted by Crippen LogP contribution is 2.22. The molecule has 0 radical (unpaired) electrons. The number of amides is 1. The van der Waals surface area contributed by atoms with E-state index in [4.69, 9.17) is 11.6 Å². The zero-order valence-corrected chi connectivity index (χ0v) is 11.5. The summed E-state index contributed by atoms with van der Waals surface area (Å²) in [6.45, 7) is 0. The van der Waals surface area contributed by atoms with Gasteiger partial charge in [0.25, 0.3) is 11.6 Å². The van der Waals surface area contributed by atoms with Crippen molar-refractivity contribution in [1.29, 1.82) is 0 Å². The molecule has 0 aliphatic heterocycles. The molecule has 2 N–H and O–H groups in total. The van der Waals surface area contributed by atoms with E-state index in [0.717, 1.165) is 12.8 Å². The van der Waals surface area contributed by atoms with Crippen LogP contribution in [0, 0.1) is 10.1 Å². The Bertz CT molecular complexity index is 535. The first-order chi connectivity index (χ1) is 9.47. The topological polar surface area (TPSA) is 92.5 Å². The highest BCUT2D eigenvalue weighted by molar-refractivity contribution is 6.31. The molecule has 1 aromatic rings. The van der Waals surface area contributed by atoms with Gasteiger partial charge in [-0.1, -0.05) is 24.4 Å². The normalized spacial score (nSPS) is 22.3. The number of non-ortho nitro benzene ring substituents is 1. The molecule has 2 atom stereocenters. The maximum absolute atomic E-state index is 12.1. The molecule has 1 aromatic carbocycles. The maximum atomic E-state index is 12.1. The van der Waals surface area contributed by atoms with Crippen LogP contribution >= 0.6 is 11.6 Å². The van der Waals surface area contributed by atoms with Crippen molar-refractivity contribution in [3.8, 4) is 0 Å². The fourth-order valence-corrected chi connectivity index (χ4v) is 2.57. The fourth-order valence-electron chi connectivity index (χ4n) is 2.34. The van der Waals surface area contributed by atoms with E-state index in [9.17, 15) is 20.0 Å². The summed E-state index contributed by atoms with van der Waals surface area (Å²) in [7, 11) is 0. The Balaban J connectivity index is 2.14. The van der Waals surface area contributed by atoms with E-state index in [2.05, 4.69) is 5.32 Å². The Morgan fingerprint density at radius 3 is 2.70 bits per heavy atom. The number of carbonyl (C=O) groups excluding carboxylic acids is 1. The molecule has 0 aromatic heterocycles. The third-order valence-electron chi connectivity index (χ3n) is 3.40. The Labute approximate surface area is 120 Å². The Morgan fingerprint density at radius 2 is 2.05 bits per heavy atom. The van der Waals surface area contributed by atoms with Gasteiger partial charge < -0.3 is 10.4 Å². The maximum Gasteiger partial charge on any atom is 0.271 e. The highest BCUT2D eigenvalue weighted by Gasteiger charge is 2.25. The standard InChI is InChI=1S/C13H15ClN2O4/c14-9-5-8(6-10(7-9)16(19)20)13(18)15-11-3-1-2-4-12(11)17/h5-7,11-12,17H,1-4H2,(H,15,18). The monoisotopic (exact) mass is 298 g/mol. The number of hydrogen-bond acceptors (Lipinski definition) is 4. The lowest BCUT2D eigenvalue weighted by atomic mass is 9.92. The minimum atomic E-state index is -0.599. The lowest BCUT2D eigenvalue weighted by Gasteiger charge is -2.28. The van der Waals surface area contributed by atoms with Gasteiger partial charge in [0.1, 0.15) is 0 Å². The van der Waals surface area contributed by atoms with Crippen molar-refractivity contribution in [2.24, 2.45) is 0 Å². The zero-order chi connectivity index (χ0) is 14.7. The lowest BCUT2D eigenvalue weighted by Crippen LogP contribution is -2.45. The summed E-state index contributed by atoms with van der Waals surface area (Å²) in [4.78, 5) is 22.2. The first-order valence-corrected chi connectivity index (χ1v) is 6.79. The molecule has 1 amide bonds. The summed E-state index contributed by atoms with van der Waals surface area (Å²) in [5.74, 6) is -0.457. The van der Waals surface area contributed by atoms with Crippen molar-refractivity contribution in [2.75, 3.05) is 0 Å². The SMILES string of the molecule is O=C(NC1CCCCC1O)c1cc(Cl)cc([N+](=O)[O-])c1. The van der Waals surface area contributed by atoms with Crippen molar-refractivity contribution >= 4 is 23.2 Å². The van der Waals surface area contributed by atoms with E-state index in [0.29, 0.717) is 12.8 Å². The third kappa shape index (κ3) is 3.46. The van der Waals surface area contributed by atoms with Crippen molar-refractivity contribution in [3.63, 3.8) is 0 Å². The third-order valence-corrected chi connectivity index (χ3v) is 3.62. The number of nitrogens with zero attached hydrogens (tertiary/aromatic N) is 1. The van der Waals surface area contributed by atoms with Gasteiger partial charge in [0.05, 0.1) is 17.1 Å².